The van der Waals surface area contributed by atoms with Gasteiger partial charge in [-0.3, -0.25) is 14.9 Å². The maximum absolute atomic E-state index is 13.2. The fraction of sp³-hybridized carbons (Fsp3) is 0.364. The van der Waals surface area contributed by atoms with Crippen LogP contribution in [-0.4, -0.2) is 23.9 Å². The predicted octanol–water partition coefficient (Wildman–Crippen LogP) is 2.43. The van der Waals surface area contributed by atoms with Crippen molar-refractivity contribution in [3.05, 3.63) is 32.5 Å². The van der Waals surface area contributed by atoms with Gasteiger partial charge in [0.15, 0.2) is 0 Å². The molecular weight excluding hydrogens is 321 g/mol. The molecule has 0 aliphatic heterocycles. The molecule has 6 nitrogen and oxygen atoms in total. The van der Waals surface area contributed by atoms with Crippen molar-refractivity contribution >= 4 is 33.2 Å². The Morgan fingerprint density at radius 1 is 1.53 bits per heavy atom. The lowest BCUT2D eigenvalue weighted by molar-refractivity contribution is -0.384. The lowest BCUT2D eigenvalue weighted by Gasteiger charge is -2.08. The van der Waals surface area contributed by atoms with E-state index in [0.717, 1.165) is 12.5 Å². The van der Waals surface area contributed by atoms with Crippen LogP contribution in [0.25, 0.3) is 0 Å². The number of hydrogen-bond donors (Lipinski definition) is 2. The van der Waals surface area contributed by atoms with Gasteiger partial charge in [0.05, 0.1) is 22.0 Å². The average Bonchev–Trinajstić information content (AvgIpc) is 2.36. The largest absolute Gasteiger partial charge is 0.371 e. The molecule has 1 rings (SSSR count). The Kier molecular flexibility index (Phi) is 5.68. The zero-order valence-electron chi connectivity index (χ0n) is 10.2. The molecule has 104 valence electrons. The minimum absolute atomic E-state index is 0.0879. The summed E-state index contributed by atoms with van der Waals surface area (Å²) in [5, 5.41) is 16.0. The van der Waals surface area contributed by atoms with Gasteiger partial charge in [-0.1, -0.05) is 6.92 Å². The van der Waals surface area contributed by atoms with Gasteiger partial charge < -0.3 is 10.6 Å². The lowest BCUT2D eigenvalue weighted by atomic mass is 10.2. The minimum Gasteiger partial charge on any atom is -0.371 e. The fourth-order valence-corrected chi connectivity index (χ4v) is 1.67. The van der Waals surface area contributed by atoms with Gasteiger partial charge in [-0.05, 0) is 28.4 Å². The molecule has 0 aliphatic rings. The molecule has 19 heavy (non-hydrogen) atoms. The van der Waals surface area contributed by atoms with Gasteiger partial charge in [-0.15, -0.1) is 0 Å². The van der Waals surface area contributed by atoms with Crippen molar-refractivity contribution < 1.29 is 14.1 Å². The number of nitro groups is 1. The molecule has 0 heterocycles. The normalized spacial score (nSPS) is 10.1. The Morgan fingerprint density at radius 3 is 2.79 bits per heavy atom. The molecule has 0 aliphatic carbocycles. The summed E-state index contributed by atoms with van der Waals surface area (Å²) in [4.78, 5) is 21.5. The molecule has 0 bridgehead atoms. The smallest absolute Gasteiger partial charge is 0.295 e. The van der Waals surface area contributed by atoms with Gasteiger partial charge in [0, 0.05) is 6.54 Å². The summed E-state index contributed by atoms with van der Waals surface area (Å²) in [6, 6.07) is 2.04. The monoisotopic (exact) mass is 333 g/mol. The second kappa shape index (κ2) is 7.03. The molecule has 0 saturated carbocycles. The molecule has 0 aromatic heterocycles. The first-order valence-corrected chi connectivity index (χ1v) is 6.39. The molecule has 0 atom stereocenters. The third-order valence-corrected chi connectivity index (χ3v) is 2.85. The van der Waals surface area contributed by atoms with E-state index in [2.05, 4.69) is 26.6 Å². The molecule has 0 fully saturated rings. The highest BCUT2D eigenvalue weighted by Crippen LogP contribution is 2.30. The van der Waals surface area contributed by atoms with Crippen molar-refractivity contribution in [2.75, 3.05) is 18.4 Å². The Morgan fingerprint density at radius 2 is 2.21 bits per heavy atom. The summed E-state index contributed by atoms with van der Waals surface area (Å²) < 4.78 is 13.3. The van der Waals surface area contributed by atoms with Crippen LogP contribution in [-0.2, 0) is 4.79 Å². The van der Waals surface area contributed by atoms with E-state index in [1.165, 1.54) is 6.07 Å². The van der Waals surface area contributed by atoms with Crippen LogP contribution in [0.3, 0.4) is 0 Å². The number of carbonyl (C=O) groups excluding carboxylic acids is 1. The summed E-state index contributed by atoms with van der Waals surface area (Å²) in [6.07, 6.45) is 0.800. The number of amides is 1. The number of nitrogens with one attached hydrogen (secondary N) is 2. The van der Waals surface area contributed by atoms with Crippen LogP contribution in [0.5, 0.6) is 0 Å². The molecule has 2 N–H and O–H groups in total. The maximum Gasteiger partial charge on any atom is 0.295 e. The molecule has 1 aromatic carbocycles. The first-order valence-electron chi connectivity index (χ1n) is 5.59. The van der Waals surface area contributed by atoms with Crippen LogP contribution < -0.4 is 10.6 Å². The van der Waals surface area contributed by atoms with Gasteiger partial charge in [-0.25, -0.2) is 4.39 Å². The zero-order valence-corrected chi connectivity index (χ0v) is 11.8. The number of benzene rings is 1. The average molecular weight is 334 g/mol. The quantitative estimate of drug-likeness (QED) is 0.618. The van der Waals surface area contributed by atoms with E-state index in [9.17, 15) is 19.3 Å². The van der Waals surface area contributed by atoms with E-state index in [-0.39, 0.29) is 22.6 Å². The van der Waals surface area contributed by atoms with Gasteiger partial charge in [0.2, 0.25) is 5.91 Å². The number of halogens is 2. The second-order valence-corrected chi connectivity index (χ2v) is 4.60. The Labute approximate surface area is 117 Å². The highest BCUT2D eigenvalue weighted by molar-refractivity contribution is 9.10. The molecular formula is C11H13BrFN3O3. The van der Waals surface area contributed by atoms with Gasteiger partial charge in [0.25, 0.3) is 5.69 Å². The van der Waals surface area contributed by atoms with Gasteiger partial charge in [-0.2, -0.15) is 0 Å². The Bertz CT molecular complexity index is 496. The van der Waals surface area contributed by atoms with Crippen LogP contribution in [0.2, 0.25) is 0 Å². The number of hydrogen-bond acceptors (Lipinski definition) is 4. The lowest BCUT2D eigenvalue weighted by Crippen LogP contribution is -2.30. The first kappa shape index (κ1) is 15.4. The van der Waals surface area contributed by atoms with Gasteiger partial charge in [0.1, 0.15) is 11.5 Å². The molecule has 0 spiro atoms. The van der Waals surface area contributed by atoms with Crippen LogP contribution in [0.15, 0.2) is 16.6 Å². The molecule has 0 unspecified atom stereocenters. The van der Waals surface area contributed by atoms with Crippen molar-refractivity contribution in [1.82, 2.24) is 5.32 Å². The van der Waals surface area contributed by atoms with Crippen molar-refractivity contribution in [3.8, 4) is 0 Å². The van der Waals surface area contributed by atoms with Crippen molar-refractivity contribution in [1.29, 1.82) is 0 Å². The number of rotatable bonds is 6. The van der Waals surface area contributed by atoms with E-state index < -0.39 is 16.4 Å². The Balaban J connectivity index is 2.79. The summed E-state index contributed by atoms with van der Waals surface area (Å²) in [5.74, 6) is -1.01. The van der Waals surface area contributed by atoms with Gasteiger partial charge >= 0.3 is 0 Å². The molecule has 1 amide bonds. The zero-order chi connectivity index (χ0) is 14.4. The minimum atomic E-state index is -0.729. The molecule has 0 radical (unpaired) electrons. The standard InChI is InChI=1S/C11H13BrFN3O3/c1-2-3-14-11(17)6-15-9-4-7(12)8(13)5-10(9)16(18)19/h4-5,15H,2-3,6H2,1H3,(H,14,17). The number of nitro benzene ring substituents is 1. The molecule has 8 heteroatoms. The highest BCUT2D eigenvalue weighted by Gasteiger charge is 2.18. The maximum atomic E-state index is 13.2. The third-order valence-electron chi connectivity index (χ3n) is 2.25. The molecule has 1 aromatic rings. The number of anilines is 1. The van der Waals surface area contributed by atoms with Crippen molar-refractivity contribution in [3.63, 3.8) is 0 Å². The predicted molar refractivity (Wildman–Crippen MR) is 72.5 cm³/mol. The van der Waals surface area contributed by atoms with Crippen LogP contribution in [0.4, 0.5) is 15.8 Å². The summed E-state index contributed by atoms with van der Waals surface area (Å²) in [6.45, 7) is 2.34. The van der Waals surface area contributed by atoms with Crippen LogP contribution in [0, 0.1) is 15.9 Å². The third kappa shape index (κ3) is 4.47. The highest BCUT2D eigenvalue weighted by atomic mass is 79.9. The van der Waals surface area contributed by atoms with Crippen LogP contribution in [0.1, 0.15) is 13.3 Å². The Hall–Kier alpha value is -1.70. The van der Waals surface area contributed by atoms with Crippen LogP contribution >= 0.6 is 15.9 Å². The number of nitrogens with zero attached hydrogens (tertiary/aromatic N) is 1. The first-order chi connectivity index (χ1) is 8.95. The van der Waals surface area contributed by atoms with E-state index in [0.29, 0.717) is 6.54 Å². The van der Waals surface area contributed by atoms with Crippen molar-refractivity contribution in [2.24, 2.45) is 0 Å². The van der Waals surface area contributed by atoms with E-state index in [1.54, 1.807) is 0 Å². The summed E-state index contributed by atoms with van der Waals surface area (Å²) in [5.41, 5.74) is -0.325. The van der Waals surface area contributed by atoms with Crippen molar-refractivity contribution in [2.45, 2.75) is 13.3 Å². The van der Waals surface area contributed by atoms with E-state index >= 15 is 0 Å². The SMILES string of the molecule is CCCNC(=O)CNc1cc(Br)c(F)cc1[N+](=O)[O-]. The van der Waals surface area contributed by atoms with E-state index in [4.69, 9.17) is 0 Å². The second-order valence-electron chi connectivity index (χ2n) is 3.74. The number of carbonyl (C=O) groups is 1. The fourth-order valence-electron chi connectivity index (χ4n) is 1.33. The van der Waals surface area contributed by atoms with E-state index in [1.807, 2.05) is 6.92 Å². The summed E-state index contributed by atoms with van der Waals surface area (Å²) >= 11 is 2.94. The topological polar surface area (TPSA) is 84.3 Å². The summed E-state index contributed by atoms with van der Waals surface area (Å²) in [7, 11) is 0. The molecule has 0 saturated heterocycles.